The Labute approximate surface area is 107 Å². The molecule has 0 fully saturated rings. The lowest BCUT2D eigenvalue weighted by Crippen LogP contribution is -2.34. The molecule has 0 aliphatic rings. The van der Waals surface area contributed by atoms with Crippen molar-refractivity contribution in [3.8, 4) is 6.07 Å². The van der Waals surface area contributed by atoms with Crippen LogP contribution in [0.2, 0.25) is 0 Å². The SMILES string of the molecule is CC(C)OP(OCCC#N)N(C(C)C)C(C)C. The predicted octanol–water partition coefficient (Wildman–Crippen LogP) is 3.69. The highest BCUT2D eigenvalue weighted by atomic mass is 31.2. The Kier molecular flexibility index (Phi) is 8.72. The minimum Gasteiger partial charge on any atom is -0.321 e. The summed E-state index contributed by atoms with van der Waals surface area (Å²) in [7, 11) is -1.07. The van der Waals surface area contributed by atoms with Gasteiger partial charge in [-0.1, -0.05) is 0 Å². The number of rotatable bonds is 8. The standard InChI is InChI=1S/C12H25N2O2P/c1-10(2)14(11(3)4)17(16-12(5)6)15-9-7-8-13/h10-12H,7,9H2,1-6H3. The molecule has 0 radical (unpaired) electrons. The van der Waals surface area contributed by atoms with E-state index in [0.717, 1.165) is 0 Å². The third-order valence-corrected chi connectivity index (χ3v) is 4.27. The van der Waals surface area contributed by atoms with E-state index in [-0.39, 0.29) is 6.10 Å². The van der Waals surface area contributed by atoms with E-state index in [1.165, 1.54) is 0 Å². The van der Waals surface area contributed by atoms with E-state index >= 15 is 0 Å². The second-order valence-corrected chi connectivity index (χ2v) is 6.11. The van der Waals surface area contributed by atoms with E-state index in [1.54, 1.807) is 0 Å². The van der Waals surface area contributed by atoms with Crippen LogP contribution in [-0.4, -0.2) is 29.5 Å². The van der Waals surface area contributed by atoms with Gasteiger partial charge in [-0.25, -0.2) is 4.67 Å². The summed E-state index contributed by atoms with van der Waals surface area (Å²) in [6.07, 6.45) is 0.535. The molecule has 0 N–H and O–H groups in total. The molecule has 4 nitrogen and oxygen atoms in total. The van der Waals surface area contributed by atoms with Gasteiger partial charge in [0.1, 0.15) is 0 Å². The summed E-state index contributed by atoms with van der Waals surface area (Å²) in [5.74, 6) is 0. The van der Waals surface area contributed by atoms with E-state index in [2.05, 4.69) is 38.4 Å². The average Bonchev–Trinajstić information content (AvgIpc) is 2.15. The third-order valence-electron chi connectivity index (χ3n) is 1.96. The van der Waals surface area contributed by atoms with Crippen molar-refractivity contribution in [2.45, 2.75) is 66.2 Å². The van der Waals surface area contributed by atoms with E-state index in [4.69, 9.17) is 14.3 Å². The molecule has 0 amide bonds. The van der Waals surface area contributed by atoms with Crippen LogP contribution in [-0.2, 0) is 9.05 Å². The summed E-state index contributed by atoms with van der Waals surface area (Å²) in [5, 5.41) is 8.54. The topological polar surface area (TPSA) is 45.5 Å². The lowest BCUT2D eigenvalue weighted by molar-refractivity contribution is 0.149. The van der Waals surface area contributed by atoms with E-state index in [9.17, 15) is 0 Å². The molecule has 0 aromatic heterocycles. The highest BCUT2D eigenvalue weighted by molar-refractivity contribution is 7.44. The Hall–Kier alpha value is -0.200. The van der Waals surface area contributed by atoms with E-state index in [0.29, 0.717) is 25.1 Å². The van der Waals surface area contributed by atoms with Crippen molar-refractivity contribution in [1.82, 2.24) is 4.67 Å². The van der Waals surface area contributed by atoms with Crippen LogP contribution < -0.4 is 0 Å². The van der Waals surface area contributed by atoms with Crippen molar-refractivity contribution in [2.24, 2.45) is 0 Å². The maximum Gasteiger partial charge on any atom is 0.259 e. The normalized spacial score (nSPS) is 13.7. The van der Waals surface area contributed by atoms with Crippen LogP contribution in [0.4, 0.5) is 0 Å². The summed E-state index contributed by atoms with van der Waals surface area (Å²) in [4.78, 5) is 0. The quantitative estimate of drug-likeness (QED) is 0.493. The molecule has 0 saturated carbocycles. The fourth-order valence-corrected chi connectivity index (χ4v) is 3.14. The monoisotopic (exact) mass is 260 g/mol. The molecule has 100 valence electrons. The van der Waals surface area contributed by atoms with Gasteiger partial charge in [0.05, 0.1) is 25.2 Å². The van der Waals surface area contributed by atoms with Gasteiger partial charge in [-0.2, -0.15) is 5.26 Å². The molecule has 0 heterocycles. The second kappa shape index (κ2) is 8.83. The van der Waals surface area contributed by atoms with Gasteiger partial charge in [0, 0.05) is 12.1 Å². The molecule has 0 aromatic rings. The van der Waals surface area contributed by atoms with Gasteiger partial charge in [0.2, 0.25) is 0 Å². The molecule has 1 atom stereocenters. The first-order valence-corrected chi connectivity index (χ1v) is 7.28. The van der Waals surface area contributed by atoms with Crippen molar-refractivity contribution >= 4 is 8.53 Å². The van der Waals surface area contributed by atoms with Crippen LogP contribution in [0.1, 0.15) is 48.0 Å². The summed E-state index contributed by atoms with van der Waals surface area (Å²) < 4.78 is 13.8. The zero-order chi connectivity index (χ0) is 13.4. The van der Waals surface area contributed by atoms with Crippen molar-refractivity contribution in [2.75, 3.05) is 6.61 Å². The smallest absolute Gasteiger partial charge is 0.259 e. The van der Waals surface area contributed by atoms with Gasteiger partial charge in [-0.3, -0.25) is 0 Å². The number of nitrogens with zero attached hydrogens (tertiary/aromatic N) is 2. The molecular weight excluding hydrogens is 235 g/mol. The largest absolute Gasteiger partial charge is 0.321 e. The van der Waals surface area contributed by atoms with Crippen LogP contribution in [0, 0.1) is 11.3 Å². The van der Waals surface area contributed by atoms with Crippen molar-refractivity contribution < 1.29 is 9.05 Å². The summed E-state index contributed by atoms with van der Waals surface area (Å²) in [5.41, 5.74) is 0. The third kappa shape index (κ3) is 6.95. The van der Waals surface area contributed by atoms with Crippen molar-refractivity contribution in [3.05, 3.63) is 0 Å². The molecule has 5 heteroatoms. The van der Waals surface area contributed by atoms with Gasteiger partial charge < -0.3 is 9.05 Å². The Balaban J connectivity index is 4.56. The van der Waals surface area contributed by atoms with E-state index < -0.39 is 8.53 Å². The van der Waals surface area contributed by atoms with Gasteiger partial charge in [-0.15, -0.1) is 0 Å². The fourth-order valence-electron chi connectivity index (χ4n) is 1.47. The highest BCUT2D eigenvalue weighted by Gasteiger charge is 2.27. The summed E-state index contributed by atoms with van der Waals surface area (Å²) >= 11 is 0. The first-order valence-electron chi connectivity index (χ1n) is 6.15. The molecule has 0 rings (SSSR count). The minimum atomic E-state index is -1.07. The van der Waals surface area contributed by atoms with Crippen LogP contribution >= 0.6 is 8.53 Å². The number of hydrogen-bond acceptors (Lipinski definition) is 4. The molecule has 0 bridgehead atoms. The second-order valence-electron chi connectivity index (χ2n) is 4.70. The Bertz CT molecular complexity index is 231. The molecule has 17 heavy (non-hydrogen) atoms. The summed E-state index contributed by atoms with van der Waals surface area (Å²) in [6.45, 7) is 13.0. The van der Waals surface area contributed by atoms with Gasteiger partial charge in [0.25, 0.3) is 8.53 Å². The van der Waals surface area contributed by atoms with Crippen LogP contribution in [0.25, 0.3) is 0 Å². The van der Waals surface area contributed by atoms with Crippen LogP contribution in [0.5, 0.6) is 0 Å². The van der Waals surface area contributed by atoms with Crippen molar-refractivity contribution in [3.63, 3.8) is 0 Å². The Morgan fingerprint density at radius 3 is 2.00 bits per heavy atom. The van der Waals surface area contributed by atoms with Gasteiger partial charge >= 0.3 is 0 Å². The number of nitriles is 1. The Morgan fingerprint density at radius 2 is 1.65 bits per heavy atom. The minimum absolute atomic E-state index is 0.128. The Morgan fingerprint density at radius 1 is 1.12 bits per heavy atom. The number of hydrogen-bond donors (Lipinski definition) is 0. The maximum atomic E-state index is 8.54. The molecule has 0 aliphatic heterocycles. The van der Waals surface area contributed by atoms with E-state index in [1.807, 2.05) is 13.8 Å². The first kappa shape index (κ1) is 16.8. The predicted molar refractivity (Wildman–Crippen MR) is 71.4 cm³/mol. The maximum absolute atomic E-state index is 8.54. The molecular formula is C12H25N2O2P. The van der Waals surface area contributed by atoms with Crippen LogP contribution in [0.3, 0.4) is 0 Å². The molecule has 0 aromatic carbocycles. The zero-order valence-electron chi connectivity index (χ0n) is 11.8. The van der Waals surface area contributed by atoms with Gasteiger partial charge in [0.15, 0.2) is 0 Å². The molecule has 0 aliphatic carbocycles. The van der Waals surface area contributed by atoms with Gasteiger partial charge in [-0.05, 0) is 41.5 Å². The molecule has 0 spiro atoms. The lowest BCUT2D eigenvalue weighted by atomic mass is 10.3. The highest BCUT2D eigenvalue weighted by Crippen LogP contribution is 2.46. The summed E-state index contributed by atoms with van der Waals surface area (Å²) in [6, 6.07) is 2.81. The fraction of sp³-hybridized carbons (Fsp3) is 0.917. The van der Waals surface area contributed by atoms with Crippen LogP contribution in [0.15, 0.2) is 0 Å². The van der Waals surface area contributed by atoms with Crippen molar-refractivity contribution in [1.29, 1.82) is 5.26 Å². The zero-order valence-corrected chi connectivity index (χ0v) is 12.7. The lowest BCUT2D eigenvalue weighted by Gasteiger charge is -2.36. The first-order chi connectivity index (χ1) is 7.90. The average molecular weight is 260 g/mol. The molecule has 0 saturated heterocycles. The molecule has 1 unspecified atom stereocenters.